The first-order valence-electron chi connectivity index (χ1n) is 9.02. The Morgan fingerprint density at radius 2 is 1.77 bits per heavy atom. The van der Waals surface area contributed by atoms with Gasteiger partial charge in [0.1, 0.15) is 0 Å². The summed E-state index contributed by atoms with van der Waals surface area (Å²) in [5, 5.41) is 0. The van der Waals surface area contributed by atoms with Crippen LogP contribution in [0.3, 0.4) is 0 Å². The number of aromatic nitrogens is 1. The predicted octanol–water partition coefficient (Wildman–Crippen LogP) is 5.07. The highest BCUT2D eigenvalue weighted by molar-refractivity contribution is 5.32. The molecule has 0 spiro atoms. The summed E-state index contributed by atoms with van der Waals surface area (Å²) in [6.07, 6.45) is 3.00. The number of benzene rings is 2. The molecule has 0 amide bonds. The number of aryl methyl sites for hydroxylation is 2. The fourth-order valence-electron chi connectivity index (χ4n) is 3.83. The second-order valence-corrected chi connectivity index (χ2v) is 6.98. The fourth-order valence-corrected chi connectivity index (χ4v) is 3.83. The smallest absolute Gasteiger partial charge is 0.163 e. The number of rotatable bonds is 3. The van der Waals surface area contributed by atoms with Gasteiger partial charge in [0, 0.05) is 37.1 Å². The van der Waals surface area contributed by atoms with Gasteiger partial charge < -0.3 is 4.57 Å². The van der Waals surface area contributed by atoms with Crippen LogP contribution in [0.2, 0.25) is 0 Å². The molecule has 0 N–H and O–H groups in total. The van der Waals surface area contributed by atoms with E-state index in [0.29, 0.717) is 12.1 Å². The summed E-state index contributed by atoms with van der Waals surface area (Å²) >= 11 is 0. The van der Waals surface area contributed by atoms with Crippen molar-refractivity contribution >= 4 is 0 Å². The van der Waals surface area contributed by atoms with Crippen molar-refractivity contribution in [2.75, 3.05) is 6.54 Å². The van der Waals surface area contributed by atoms with E-state index in [9.17, 15) is 8.78 Å². The highest BCUT2D eigenvalue weighted by Gasteiger charge is 2.30. The van der Waals surface area contributed by atoms with Crippen LogP contribution in [-0.4, -0.2) is 16.0 Å². The van der Waals surface area contributed by atoms with Gasteiger partial charge in [-0.2, -0.15) is 0 Å². The van der Waals surface area contributed by atoms with Crippen molar-refractivity contribution in [1.82, 2.24) is 9.47 Å². The van der Waals surface area contributed by atoms with E-state index in [2.05, 4.69) is 40.7 Å². The van der Waals surface area contributed by atoms with Crippen LogP contribution in [0, 0.1) is 18.6 Å². The molecule has 3 aromatic rings. The van der Waals surface area contributed by atoms with Crippen LogP contribution < -0.4 is 0 Å². The van der Waals surface area contributed by atoms with Crippen LogP contribution in [0.25, 0.3) is 0 Å². The Morgan fingerprint density at radius 3 is 2.58 bits per heavy atom. The zero-order valence-electron chi connectivity index (χ0n) is 14.8. The molecular formula is C22H22F2N2. The lowest BCUT2D eigenvalue weighted by Gasteiger charge is -2.31. The quantitative estimate of drug-likeness (QED) is 0.639. The molecular weight excluding hydrogens is 330 g/mol. The zero-order valence-corrected chi connectivity index (χ0v) is 14.8. The van der Waals surface area contributed by atoms with Gasteiger partial charge in [0.15, 0.2) is 11.6 Å². The molecule has 134 valence electrons. The lowest BCUT2D eigenvalue weighted by atomic mass is 10.00. The normalized spacial score (nSPS) is 17.7. The Balaban J connectivity index is 1.78. The first-order valence-corrected chi connectivity index (χ1v) is 9.02. The molecule has 1 aliphatic rings. The standard InChI is InChI=1S/C22H22F2N2/c1-16-8-10-17(11-9-16)15-26-14-4-13-25-12-3-7-20(25)22(26)18-5-2-6-19(23)21(18)24/h2-3,5-12,22H,4,13-15H2,1H3. The minimum atomic E-state index is -0.792. The van der Waals surface area contributed by atoms with Gasteiger partial charge in [-0.1, -0.05) is 42.0 Å². The molecule has 4 rings (SSSR count). The van der Waals surface area contributed by atoms with Crippen molar-refractivity contribution in [1.29, 1.82) is 0 Å². The first kappa shape index (κ1) is 17.0. The van der Waals surface area contributed by atoms with Crippen LogP contribution in [0.15, 0.2) is 60.8 Å². The van der Waals surface area contributed by atoms with Gasteiger partial charge in [-0.25, -0.2) is 8.78 Å². The van der Waals surface area contributed by atoms with Crippen LogP contribution in [0.5, 0.6) is 0 Å². The molecule has 0 radical (unpaired) electrons. The van der Waals surface area contributed by atoms with Gasteiger partial charge in [-0.15, -0.1) is 0 Å². The molecule has 0 saturated carbocycles. The van der Waals surface area contributed by atoms with Gasteiger partial charge in [0.05, 0.1) is 6.04 Å². The summed E-state index contributed by atoms with van der Waals surface area (Å²) in [4.78, 5) is 2.25. The monoisotopic (exact) mass is 352 g/mol. The largest absolute Gasteiger partial charge is 0.350 e. The van der Waals surface area contributed by atoms with Gasteiger partial charge in [0.25, 0.3) is 0 Å². The summed E-state index contributed by atoms with van der Waals surface area (Å²) in [5.74, 6) is -1.54. The maximum absolute atomic E-state index is 14.7. The van der Waals surface area contributed by atoms with E-state index >= 15 is 0 Å². The summed E-state index contributed by atoms with van der Waals surface area (Å²) in [5.41, 5.74) is 3.81. The van der Waals surface area contributed by atoms with E-state index < -0.39 is 11.6 Å². The van der Waals surface area contributed by atoms with Gasteiger partial charge in [0.2, 0.25) is 0 Å². The molecule has 2 nitrogen and oxygen atoms in total. The number of hydrogen-bond donors (Lipinski definition) is 0. The van der Waals surface area contributed by atoms with E-state index in [0.717, 1.165) is 25.2 Å². The minimum absolute atomic E-state index is 0.301. The van der Waals surface area contributed by atoms with Crippen molar-refractivity contribution in [3.63, 3.8) is 0 Å². The molecule has 0 bridgehead atoms. The molecule has 0 aliphatic carbocycles. The summed E-state index contributed by atoms with van der Waals surface area (Å²) in [6.45, 7) is 4.48. The van der Waals surface area contributed by atoms with Crippen LogP contribution in [0.1, 0.15) is 34.8 Å². The summed E-state index contributed by atoms with van der Waals surface area (Å²) < 4.78 is 30.8. The number of hydrogen-bond acceptors (Lipinski definition) is 1. The third-order valence-corrected chi connectivity index (χ3v) is 5.14. The summed E-state index contributed by atoms with van der Waals surface area (Å²) in [6, 6.07) is 16.6. The highest BCUT2D eigenvalue weighted by atomic mass is 19.2. The van der Waals surface area contributed by atoms with Crippen molar-refractivity contribution in [3.8, 4) is 0 Å². The second kappa shape index (κ2) is 7.04. The molecule has 0 fully saturated rings. The molecule has 1 atom stereocenters. The molecule has 1 aliphatic heterocycles. The number of nitrogens with zero attached hydrogens (tertiary/aromatic N) is 2. The maximum Gasteiger partial charge on any atom is 0.163 e. The lowest BCUT2D eigenvalue weighted by Crippen LogP contribution is -2.30. The molecule has 26 heavy (non-hydrogen) atoms. The predicted molar refractivity (Wildman–Crippen MR) is 98.8 cm³/mol. The van der Waals surface area contributed by atoms with E-state index in [1.54, 1.807) is 12.1 Å². The SMILES string of the molecule is Cc1ccc(CN2CCCn3cccc3C2c2cccc(F)c2F)cc1. The average molecular weight is 352 g/mol. The molecule has 2 aromatic carbocycles. The third kappa shape index (κ3) is 3.17. The van der Waals surface area contributed by atoms with Crippen LogP contribution in [-0.2, 0) is 13.1 Å². The Labute approximate surface area is 152 Å². The Kier molecular flexibility index (Phi) is 4.60. The summed E-state index contributed by atoms with van der Waals surface area (Å²) in [7, 11) is 0. The topological polar surface area (TPSA) is 8.17 Å². The van der Waals surface area contributed by atoms with E-state index in [1.807, 2.05) is 18.3 Å². The second-order valence-electron chi connectivity index (χ2n) is 6.98. The lowest BCUT2D eigenvalue weighted by molar-refractivity contribution is 0.215. The van der Waals surface area contributed by atoms with Crippen molar-refractivity contribution in [2.24, 2.45) is 0 Å². The Bertz CT molecular complexity index is 899. The van der Waals surface area contributed by atoms with Crippen LogP contribution >= 0.6 is 0 Å². The van der Waals surface area contributed by atoms with Crippen molar-refractivity contribution in [2.45, 2.75) is 32.5 Å². The van der Waals surface area contributed by atoms with E-state index in [4.69, 9.17) is 0 Å². The number of fused-ring (bicyclic) bond motifs is 1. The Hall–Kier alpha value is -2.46. The fraction of sp³-hybridized carbons (Fsp3) is 0.273. The van der Waals surface area contributed by atoms with Crippen molar-refractivity contribution < 1.29 is 8.78 Å². The third-order valence-electron chi connectivity index (χ3n) is 5.14. The van der Waals surface area contributed by atoms with Crippen molar-refractivity contribution in [3.05, 3.63) is 94.8 Å². The van der Waals surface area contributed by atoms with E-state index in [-0.39, 0.29) is 6.04 Å². The zero-order chi connectivity index (χ0) is 18.1. The molecule has 1 aromatic heterocycles. The van der Waals surface area contributed by atoms with E-state index in [1.165, 1.54) is 17.2 Å². The first-order chi connectivity index (χ1) is 12.6. The van der Waals surface area contributed by atoms with Gasteiger partial charge in [-0.3, -0.25) is 4.90 Å². The average Bonchev–Trinajstić information content (AvgIpc) is 3.02. The molecule has 0 saturated heterocycles. The number of halogens is 2. The van der Waals surface area contributed by atoms with Crippen LogP contribution in [0.4, 0.5) is 8.78 Å². The highest BCUT2D eigenvalue weighted by Crippen LogP contribution is 2.34. The minimum Gasteiger partial charge on any atom is -0.350 e. The Morgan fingerprint density at radius 1 is 0.962 bits per heavy atom. The molecule has 1 unspecified atom stereocenters. The molecule has 4 heteroatoms. The van der Waals surface area contributed by atoms with Gasteiger partial charge in [-0.05, 0) is 37.1 Å². The maximum atomic E-state index is 14.7. The molecule has 2 heterocycles. The van der Waals surface area contributed by atoms with Gasteiger partial charge >= 0.3 is 0 Å².